The van der Waals surface area contributed by atoms with Gasteiger partial charge in [-0.1, -0.05) is 83.3 Å². The lowest BCUT2D eigenvalue weighted by molar-refractivity contribution is 0.128. The van der Waals surface area contributed by atoms with Crippen LogP contribution in [0.25, 0.3) is 0 Å². The quantitative estimate of drug-likeness (QED) is 0.296. The van der Waals surface area contributed by atoms with E-state index in [-0.39, 0.29) is 12.6 Å². The maximum absolute atomic E-state index is 9.78. The number of aliphatic hydroxyl groups excluding tert-OH is 2. The van der Waals surface area contributed by atoms with Crippen LogP contribution in [0.2, 0.25) is 0 Å². The van der Waals surface area contributed by atoms with Crippen molar-refractivity contribution in [3.63, 3.8) is 0 Å². The lowest BCUT2D eigenvalue weighted by Crippen LogP contribution is -2.39. The normalized spacial score (nSPS) is 14.5. The van der Waals surface area contributed by atoms with Crippen molar-refractivity contribution < 1.29 is 10.2 Å². The SMILES string of the molecule is CCCCCCCCCCCCC/C=C/C(O)C(CO)NC. The molecule has 0 aromatic heterocycles. The second-order valence-corrected chi connectivity index (χ2v) is 6.32. The number of nitrogens with one attached hydrogen (secondary N) is 1. The van der Waals surface area contributed by atoms with E-state index >= 15 is 0 Å². The summed E-state index contributed by atoms with van der Waals surface area (Å²) in [5.74, 6) is 0. The first kappa shape index (κ1) is 21.6. The highest BCUT2D eigenvalue weighted by Gasteiger charge is 2.11. The van der Waals surface area contributed by atoms with E-state index in [1.165, 1.54) is 70.6 Å². The zero-order valence-corrected chi connectivity index (χ0v) is 14.9. The summed E-state index contributed by atoms with van der Waals surface area (Å²) in [6.07, 6.45) is 19.2. The average molecular weight is 314 g/mol. The molecule has 22 heavy (non-hydrogen) atoms. The lowest BCUT2D eigenvalue weighted by atomic mass is 10.0. The Balaban J connectivity index is 3.29. The fourth-order valence-electron chi connectivity index (χ4n) is 2.67. The Hall–Kier alpha value is -0.380. The van der Waals surface area contributed by atoms with Gasteiger partial charge in [-0.05, 0) is 19.9 Å². The van der Waals surface area contributed by atoms with E-state index in [0.717, 1.165) is 6.42 Å². The number of allylic oxidation sites excluding steroid dienone is 1. The van der Waals surface area contributed by atoms with Gasteiger partial charge in [0.1, 0.15) is 0 Å². The topological polar surface area (TPSA) is 52.5 Å². The monoisotopic (exact) mass is 313 g/mol. The van der Waals surface area contributed by atoms with Gasteiger partial charge in [0.25, 0.3) is 0 Å². The van der Waals surface area contributed by atoms with Crippen molar-refractivity contribution in [3.05, 3.63) is 12.2 Å². The first-order chi connectivity index (χ1) is 10.8. The third-order valence-electron chi connectivity index (χ3n) is 4.29. The van der Waals surface area contributed by atoms with Gasteiger partial charge in [-0.2, -0.15) is 0 Å². The molecule has 0 aliphatic heterocycles. The first-order valence-corrected chi connectivity index (χ1v) is 9.39. The van der Waals surface area contributed by atoms with Crippen LogP contribution in [0, 0.1) is 0 Å². The third kappa shape index (κ3) is 13.3. The maximum Gasteiger partial charge on any atom is 0.0896 e. The van der Waals surface area contributed by atoms with Crippen LogP contribution in [0.1, 0.15) is 84.0 Å². The molecular formula is C19H39NO2. The second-order valence-electron chi connectivity index (χ2n) is 6.32. The Morgan fingerprint density at radius 2 is 1.36 bits per heavy atom. The van der Waals surface area contributed by atoms with Gasteiger partial charge in [0.15, 0.2) is 0 Å². The fourth-order valence-corrected chi connectivity index (χ4v) is 2.67. The van der Waals surface area contributed by atoms with Crippen LogP contribution >= 0.6 is 0 Å². The second kappa shape index (κ2) is 17.0. The Labute approximate surface area is 138 Å². The van der Waals surface area contributed by atoms with E-state index in [1.54, 1.807) is 13.1 Å². The molecule has 0 rings (SSSR count). The lowest BCUT2D eigenvalue weighted by Gasteiger charge is -2.16. The van der Waals surface area contributed by atoms with Crippen LogP contribution in [0.3, 0.4) is 0 Å². The smallest absolute Gasteiger partial charge is 0.0896 e. The number of rotatable bonds is 16. The highest BCUT2D eigenvalue weighted by atomic mass is 16.3. The molecule has 0 radical (unpaired) electrons. The van der Waals surface area contributed by atoms with Gasteiger partial charge in [-0.3, -0.25) is 0 Å². The minimum atomic E-state index is -0.595. The van der Waals surface area contributed by atoms with Crippen molar-refractivity contribution in [2.24, 2.45) is 0 Å². The molecule has 3 N–H and O–H groups in total. The molecule has 2 atom stereocenters. The van der Waals surface area contributed by atoms with Gasteiger partial charge in [0, 0.05) is 0 Å². The minimum Gasteiger partial charge on any atom is -0.395 e. The zero-order chi connectivity index (χ0) is 16.5. The molecule has 0 amide bonds. The molecule has 0 aromatic carbocycles. The molecule has 132 valence electrons. The van der Waals surface area contributed by atoms with Crippen LogP contribution in [0.4, 0.5) is 0 Å². The Bertz CT molecular complexity index is 240. The maximum atomic E-state index is 9.78. The predicted octanol–water partition coefficient (Wildman–Crippen LogP) is 4.18. The van der Waals surface area contributed by atoms with Gasteiger partial charge in [0.05, 0.1) is 18.8 Å². The molecule has 0 spiro atoms. The molecule has 0 saturated heterocycles. The molecule has 0 fully saturated rings. The molecule has 3 nitrogen and oxygen atoms in total. The Morgan fingerprint density at radius 3 is 1.82 bits per heavy atom. The predicted molar refractivity (Wildman–Crippen MR) is 96.2 cm³/mol. The standard InChI is InChI=1S/C19H39NO2/c1-3-4-5-6-7-8-9-10-11-12-13-14-15-16-19(22)18(17-21)20-2/h15-16,18-22H,3-14,17H2,1-2H3/b16-15+. The molecule has 0 bridgehead atoms. The van der Waals surface area contributed by atoms with Gasteiger partial charge in [-0.25, -0.2) is 0 Å². The van der Waals surface area contributed by atoms with Gasteiger partial charge in [-0.15, -0.1) is 0 Å². The summed E-state index contributed by atoms with van der Waals surface area (Å²) in [6, 6.07) is -0.256. The van der Waals surface area contributed by atoms with Gasteiger partial charge >= 0.3 is 0 Å². The van der Waals surface area contributed by atoms with Crippen LogP contribution in [0.15, 0.2) is 12.2 Å². The van der Waals surface area contributed by atoms with E-state index in [1.807, 2.05) is 6.08 Å². The summed E-state index contributed by atoms with van der Waals surface area (Å²) < 4.78 is 0. The molecule has 0 aliphatic carbocycles. The Morgan fingerprint density at radius 1 is 0.864 bits per heavy atom. The van der Waals surface area contributed by atoms with Crippen molar-refractivity contribution in [3.8, 4) is 0 Å². The highest BCUT2D eigenvalue weighted by molar-refractivity contribution is 4.94. The number of hydrogen-bond acceptors (Lipinski definition) is 3. The van der Waals surface area contributed by atoms with E-state index in [4.69, 9.17) is 5.11 Å². The molecule has 0 saturated carbocycles. The molecule has 2 unspecified atom stereocenters. The zero-order valence-electron chi connectivity index (χ0n) is 14.9. The number of aliphatic hydroxyl groups is 2. The van der Waals surface area contributed by atoms with E-state index in [0.29, 0.717) is 0 Å². The minimum absolute atomic E-state index is 0.0412. The average Bonchev–Trinajstić information content (AvgIpc) is 2.53. The van der Waals surface area contributed by atoms with Crippen LogP contribution in [-0.4, -0.2) is 36.0 Å². The van der Waals surface area contributed by atoms with E-state index in [2.05, 4.69) is 12.2 Å². The summed E-state index contributed by atoms with van der Waals surface area (Å²) in [4.78, 5) is 0. The summed E-state index contributed by atoms with van der Waals surface area (Å²) in [5, 5.41) is 21.7. The third-order valence-corrected chi connectivity index (χ3v) is 4.29. The van der Waals surface area contributed by atoms with Crippen molar-refractivity contribution in [2.45, 2.75) is 96.1 Å². The van der Waals surface area contributed by atoms with E-state index < -0.39 is 6.10 Å². The molecule has 0 aliphatic rings. The summed E-state index contributed by atoms with van der Waals surface area (Å²) in [6.45, 7) is 2.22. The summed E-state index contributed by atoms with van der Waals surface area (Å²) >= 11 is 0. The summed E-state index contributed by atoms with van der Waals surface area (Å²) in [7, 11) is 1.75. The summed E-state index contributed by atoms with van der Waals surface area (Å²) in [5.41, 5.74) is 0. The van der Waals surface area contributed by atoms with Gasteiger partial charge in [0.2, 0.25) is 0 Å². The first-order valence-electron chi connectivity index (χ1n) is 9.39. The largest absolute Gasteiger partial charge is 0.395 e. The number of unbranched alkanes of at least 4 members (excludes halogenated alkanes) is 11. The number of hydrogen-bond donors (Lipinski definition) is 3. The fraction of sp³-hybridized carbons (Fsp3) is 0.895. The van der Waals surface area contributed by atoms with Crippen LogP contribution < -0.4 is 5.32 Å². The van der Waals surface area contributed by atoms with Gasteiger partial charge < -0.3 is 15.5 Å². The van der Waals surface area contributed by atoms with E-state index in [9.17, 15) is 5.11 Å². The molecule has 0 aromatic rings. The molecule has 0 heterocycles. The van der Waals surface area contributed by atoms with Crippen molar-refractivity contribution in [1.29, 1.82) is 0 Å². The van der Waals surface area contributed by atoms with Crippen LogP contribution in [0.5, 0.6) is 0 Å². The van der Waals surface area contributed by atoms with Crippen LogP contribution in [-0.2, 0) is 0 Å². The Kier molecular flexibility index (Phi) is 16.7. The molecular weight excluding hydrogens is 274 g/mol. The van der Waals surface area contributed by atoms with Crippen molar-refractivity contribution in [2.75, 3.05) is 13.7 Å². The highest BCUT2D eigenvalue weighted by Crippen LogP contribution is 2.12. The van der Waals surface area contributed by atoms with Crippen molar-refractivity contribution >= 4 is 0 Å². The van der Waals surface area contributed by atoms with Crippen molar-refractivity contribution in [1.82, 2.24) is 5.32 Å². The number of likely N-dealkylation sites (N-methyl/N-ethyl adjacent to an activating group) is 1. The molecule has 3 heteroatoms.